The Labute approximate surface area is 153 Å². The van der Waals surface area contributed by atoms with E-state index in [1.165, 1.54) is 0 Å². The van der Waals surface area contributed by atoms with Crippen molar-refractivity contribution in [2.75, 3.05) is 36.8 Å². The molecule has 7 heteroatoms. The Kier molecular flexibility index (Phi) is 3.23. The lowest BCUT2D eigenvalue weighted by Gasteiger charge is -2.57. The van der Waals surface area contributed by atoms with Gasteiger partial charge in [-0.25, -0.2) is 9.97 Å². The first kappa shape index (κ1) is 15.0. The second kappa shape index (κ2) is 5.37. The van der Waals surface area contributed by atoms with Gasteiger partial charge in [-0.05, 0) is 34.1 Å². The number of nitrogen functional groups attached to an aromatic ring is 1. The van der Waals surface area contributed by atoms with Gasteiger partial charge in [0.05, 0.1) is 23.1 Å². The van der Waals surface area contributed by atoms with Crippen LogP contribution in [0.5, 0.6) is 0 Å². The van der Waals surface area contributed by atoms with Gasteiger partial charge in [0.25, 0.3) is 0 Å². The molecule has 3 N–H and O–H groups in total. The maximum absolute atomic E-state index is 5.91. The Bertz CT molecular complexity index is 959. The molecule has 0 atom stereocenters. The van der Waals surface area contributed by atoms with Crippen LogP contribution in [0.3, 0.4) is 0 Å². The third-order valence-corrected chi connectivity index (χ3v) is 5.74. The summed E-state index contributed by atoms with van der Waals surface area (Å²) in [5, 5.41) is 4.30. The van der Waals surface area contributed by atoms with Crippen LogP contribution < -0.4 is 16.0 Å². The molecule has 0 aliphatic carbocycles. The summed E-state index contributed by atoms with van der Waals surface area (Å²) in [5.74, 6) is 0.252. The molecule has 0 bridgehead atoms. The molecule has 126 valence electrons. The van der Waals surface area contributed by atoms with Gasteiger partial charge in [0.2, 0.25) is 5.95 Å². The molecule has 0 unspecified atom stereocenters. The lowest BCUT2D eigenvalue weighted by molar-refractivity contribution is 0.121. The van der Waals surface area contributed by atoms with Crippen LogP contribution in [0.2, 0.25) is 0 Å². The highest BCUT2D eigenvalue weighted by molar-refractivity contribution is 9.10. The number of hydrogen-bond donors (Lipinski definition) is 2. The van der Waals surface area contributed by atoms with Gasteiger partial charge in [0.15, 0.2) is 0 Å². The van der Waals surface area contributed by atoms with Crippen LogP contribution in [0.15, 0.2) is 41.0 Å². The summed E-state index contributed by atoms with van der Waals surface area (Å²) in [6, 6.07) is 10.0. The zero-order chi connectivity index (χ0) is 17.0. The number of benzene rings is 1. The first-order valence-corrected chi connectivity index (χ1v) is 9.07. The highest BCUT2D eigenvalue weighted by Gasteiger charge is 2.47. The predicted molar refractivity (Wildman–Crippen MR) is 102 cm³/mol. The average Bonchev–Trinajstić information content (AvgIpc) is 2.53. The van der Waals surface area contributed by atoms with Crippen LogP contribution in [-0.2, 0) is 0 Å². The predicted octanol–water partition coefficient (Wildman–Crippen LogP) is 2.45. The number of halogens is 1. The van der Waals surface area contributed by atoms with Gasteiger partial charge in [-0.3, -0.25) is 4.98 Å². The summed E-state index contributed by atoms with van der Waals surface area (Å²) in [7, 11) is 0. The van der Waals surface area contributed by atoms with Crippen molar-refractivity contribution in [3.8, 4) is 11.4 Å². The topological polar surface area (TPSA) is 80.0 Å². The summed E-state index contributed by atoms with van der Waals surface area (Å²) < 4.78 is 0.900. The van der Waals surface area contributed by atoms with Crippen molar-refractivity contribution in [3.63, 3.8) is 0 Å². The van der Waals surface area contributed by atoms with Crippen LogP contribution in [0.4, 0.5) is 11.6 Å². The van der Waals surface area contributed by atoms with E-state index in [1.807, 2.05) is 30.5 Å². The van der Waals surface area contributed by atoms with Gasteiger partial charge in [-0.1, -0.05) is 12.1 Å². The fraction of sp³-hybridized carbons (Fsp3) is 0.278. The van der Waals surface area contributed by atoms with Crippen molar-refractivity contribution < 1.29 is 0 Å². The first-order valence-electron chi connectivity index (χ1n) is 8.27. The minimum atomic E-state index is 0.252. The number of aromatic nitrogens is 3. The molecule has 2 aromatic heterocycles. The van der Waals surface area contributed by atoms with E-state index in [0.29, 0.717) is 5.41 Å². The van der Waals surface area contributed by atoms with E-state index in [-0.39, 0.29) is 5.95 Å². The molecule has 2 aliphatic heterocycles. The molecule has 2 aliphatic rings. The van der Waals surface area contributed by atoms with Crippen LogP contribution >= 0.6 is 15.9 Å². The molecule has 1 aromatic carbocycles. The highest BCUT2D eigenvalue weighted by atomic mass is 79.9. The summed E-state index contributed by atoms with van der Waals surface area (Å²) in [6.07, 6.45) is 1.93. The molecule has 0 saturated carbocycles. The number of fused-ring (bicyclic) bond motifs is 1. The fourth-order valence-electron chi connectivity index (χ4n) is 3.69. The van der Waals surface area contributed by atoms with E-state index < -0.39 is 0 Å². The molecule has 3 aromatic rings. The number of anilines is 2. The normalized spacial score (nSPS) is 18.2. The lowest BCUT2D eigenvalue weighted by atomic mass is 9.74. The quantitative estimate of drug-likeness (QED) is 0.692. The van der Waals surface area contributed by atoms with Gasteiger partial charge in [-0.15, -0.1) is 0 Å². The second-order valence-electron chi connectivity index (χ2n) is 6.93. The summed E-state index contributed by atoms with van der Waals surface area (Å²) >= 11 is 3.53. The average molecular weight is 397 g/mol. The van der Waals surface area contributed by atoms with Crippen molar-refractivity contribution in [2.24, 2.45) is 5.41 Å². The number of nitrogens with one attached hydrogen (secondary N) is 1. The number of hydrogen-bond acceptors (Lipinski definition) is 6. The van der Waals surface area contributed by atoms with Gasteiger partial charge < -0.3 is 16.0 Å². The maximum Gasteiger partial charge on any atom is 0.221 e. The molecule has 2 saturated heterocycles. The molecular weight excluding hydrogens is 380 g/mol. The monoisotopic (exact) mass is 396 g/mol. The largest absolute Gasteiger partial charge is 0.369 e. The van der Waals surface area contributed by atoms with Crippen LogP contribution in [-0.4, -0.2) is 41.1 Å². The third kappa shape index (κ3) is 2.38. The van der Waals surface area contributed by atoms with E-state index in [9.17, 15) is 0 Å². The highest BCUT2D eigenvalue weighted by Crippen LogP contribution is 2.37. The SMILES string of the molecule is Nc1nc(-c2ccc(N3CC4(CNC4)C3)cn2)c2cccc(Br)c2n1. The minimum Gasteiger partial charge on any atom is -0.369 e. The van der Waals surface area contributed by atoms with Crippen molar-refractivity contribution in [1.29, 1.82) is 0 Å². The second-order valence-corrected chi connectivity index (χ2v) is 7.78. The number of nitrogens with two attached hydrogens (primary N) is 1. The molecule has 2 fully saturated rings. The van der Waals surface area contributed by atoms with E-state index >= 15 is 0 Å². The third-order valence-electron chi connectivity index (χ3n) is 5.10. The smallest absolute Gasteiger partial charge is 0.221 e. The number of para-hydroxylation sites is 1. The standard InChI is InChI=1S/C18H17BrN6/c19-13-3-1-2-12-15(13)23-17(20)24-16(12)14-5-4-11(6-22-14)25-9-18(10-25)7-21-8-18/h1-6,21H,7-10H2,(H2,20,23,24). The Morgan fingerprint density at radius 1 is 1.12 bits per heavy atom. The molecule has 1 spiro atoms. The van der Waals surface area contributed by atoms with E-state index in [4.69, 9.17) is 5.73 Å². The number of pyridine rings is 1. The van der Waals surface area contributed by atoms with E-state index in [2.05, 4.69) is 47.2 Å². The van der Waals surface area contributed by atoms with Gasteiger partial charge in [0.1, 0.15) is 5.69 Å². The minimum absolute atomic E-state index is 0.252. The molecule has 6 nitrogen and oxygen atoms in total. The number of rotatable bonds is 2. The molecular formula is C18H17BrN6. The molecule has 5 rings (SSSR count). The van der Waals surface area contributed by atoms with Gasteiger partial charge in [0, 0.05) is 41.5 Å². The van der Waals surface area contributed by atoms with Gasteiger partial charge >= 0.3 is 0 Å². The zero-order valence-electron chi connectivity index (χ0n) is 13.5. The van der Waals surface area contributed by atoms with E-state index in [0.717, 1.165) is 58.6 Å². The van der Waals surface area contributed by atoms with Gasteiger partial charge in [-0.2, -0.15) is 0 Å². The summed E-state index contributed by atoms with van der Waals surface area (Å²) in [4.78, 5) is 15.8. The first-order chi connectivity index (χ1) is 12.1. The van der Waals surface area contributed by atoms with Crippen LogP contribution in [0, 0.1) is 5.41 Å². The molecule has 4 heterocycles. The van der Waals surface area contributed by atoms with E-state index in [1.54, 1.807) is 0 Å². The molecule has 25 heavy (non-hydrogen) atoms. The zero-order valence-corrected chi connectivity index (χ0v) is 15.1. The number of nitrogens with zero attached hydrogens (tertiary/aromatic N) is 4. The van der Waals surface area contributed by atoms with Crippen molar-refractivity contribution >= 4 is 38.5 Å². The Hall–Kier alpha value is -2.25. The summed E-state index contributed by atoms with van der Waals surface area (Å²) in [6.45, 7) is 4.49. The Morgan fingerprint density at radius 3 is 2.64 bits per heavy atom. The van der Waals surface area contributed by atoms with Crippen LogP contribution in [0.1, 0.15) is 0 Å². The van der Waals surface area contributed by atoms with Crippen molar-refractivity contribution in [2.45, 2.75) is 0 Å². The maximum atomic E-state index is 5.91. The van der Waals surface area contributed by atoms with Crippen molar-refractivity contribution in [3.05, 3.63) is 41.0 Å². The fourth-order valence-corrected chi connectivity index (χ4v) is 4.15. The van der Waals surface area contributed by atoms with Crippen LogP contribution in [0.25, 0.3) is 22.3 Å². The van der Waals surface area contributed by atoms with Crippen molar-refractivity contribution in [1.82, 2.24) is 20.3 Å². The molecule has 0 radical (unpaired) electrons. The molecule has 0 amide bonds. The Balaban J connectivity index is 1.49. The summed E-state index contributed by atoms with van der Waals surface area (Å²) in [5.41, 5.74) is 9.94. The lowest BCUT2D eigenvalue weighted by Crippen LogP contribution is -2.71. The Morgan fingerprint density at radius 2 is 1.96 bits per heavy atom.